The van der Waals surface area contributed by atoms with Crippen molar-refractivity contribution in [1.29, 1.82) is 0 Å². The van der Waals surface area contributed by atoms with Gasteiger partial charge in [0.15, 0.2) is 0 Å². The molecule has 2 N–H and O–H groups in total. The Hall–Kier alpha value is -1.43. The fraction of sp³-hybridized carbons (Fsp3) is 0.650. The predicted octanol–water partition coefficient (Wildman–Crippen LogP) is 2.18. The molecule has 2 heterocycles. The molecule has 25 heavy (non-hydrogen) atoms. The molecule has 2 saturated heterocycles. The molecule has 2 aliphatic rings. The summed E-state index contributed by atoms with van der Waals surface area (Å²) in [6.07, 6.45) is 2.48. The molecule has 0 bridgehead atoms. The number of carbonyl (C=O) groups is 1. The van der Waals surface area contributed by atoms with E-state index in [0.29, 0.717) is 12.6 Å². The van der Waals surface area contributed by atoms with Gasteiger partial charge in [0, 0.05) is 38.3 Å². The van der Waals surface area contributed by atoms with Crippen molar-refractivity contribution >= 4 is 5.91 Å². The Morgan fingerprint density at radius 3 is 2.72 bits per heavy atom. The SMILES string of the molecule is CCN(C(=O)[C@@H]1CC[C@H](CN)O1)C1CCN(C(C)c2ccccc2)C1. The molecule has 138 valence electrons. The average Bonchev–Trinajstić information content (AvgIpc) is 3.32. The Bertz CT molecular complexity index is 565. The molecule has 4 atom stereocenters. The zero-order valence-electron chi connectivity index (χ0n) is 15.4. The summed E-state index contributed by atoms with van der Waals surface area (Å²) in [5.41, 5.74) is 7.01. The molecule has 1 aromatic rings. The summed E-state index contributed by atoms with van der Waals surface area (Å²) in [6.45, 7) is 7.52. The summed E-state index contributed by atoms with van der Waals surface area (Å²) >= 11 is 0. The van der Waals surface area contributed by atoms with Crippen LogP contribution in [0, 0.1) is 0 Å². The summed E-state index contributed by atoms with van der Waals surface area (Å²) in [5.74, 6) is 0.151. The summed E-state index contributed by atoms with van der Waals surface area (Å²) in [6, 6.07) is 11.3. The number of hydrogen-bond acceptors (Lipinski definition) is 4. The van der Waals surface area contributed by atoms with Crippen LogP contribution in [0.5, 0.6) is 0 Å². The van der Waals surface area contributed by atoms with E-state index >= 15 is 0 Å². The normalized spacial score (nSPS) is 28.2. The minimum absolute atomic E-state index is 0.0471. The third-order valence-corrected chi connectivity index (χ3v) is 5.73. The lowest BCUT2D eigenvalue weighted by atomic mass is 10.1. The van der Waals surface area contributed by atoms with Crippen molar-refractivity contribution in [2.24, 2.45) is 5.73 Å². The van der Waals surface area contributed by atoms with Crippen LogP contribution >= 0.6 is 0 Å². The Morgan fingerprint density at radius 1 is 1.32 bits per heavy atom. The average molecular weight is 345 g/mol. The van der Waals surface area contributed by atoms with E-state index in [1.807, 2.05) is 4.90 Å². The third-order valence-electron chi connectivity index (χ3n) is 5.73. The third kappa shape index (κ3) is 4.05. The van der Waals surface area contributed by atoms with Gasteiger partial charge in [0.05, 0.1) is 6.10 Å². The molecule has 2 unspecified atom stereocenters. The Kier molecular flexibility index (Phi) is 6.10. The second-order valence-corrected chi connectivity index (χ2v) is 7.21. The first kappa shape index (κ1) is 18.4. The molecular weight excluding hydrogens is 314 g/mol. The van der Waals surface area contributed by atoms with E-state index in [4.69, 9.17) is 10.5 Å². The quantitative estimate of drug-likeness (QED) is 0.858. The van der Waals surface area contributed by atoms with E-state index < -0.39 is 0 Å². The van der Waals surface area contributed by atoms with Crippen molar-refractivity contribution in [2.75, 3.05) is 26.2 Å². The van der Waals surface area contributed by atoms with Crippen LogP contribution in [0.3, 0.4) is 0 Å². The molecule has 0 spiro atoms. The predicted molar refractivity (Wildman–Crippen MR) is 99.2 cm³/mol. The van der Waals surface area contributed by atoms with Crippen molar-refractivity contribution in [3.8, 4) is 0 Å². The Balaban J connectivity index is 1.60. The van der Waals surface area contributed by atoms with Gasteiger partial charge in [-0.05, 0) is 38.7 Å². The number of ether oxygens (including phenoxy) is 1. The first-order valence-corrected chi connectivity index (χ1v) is 9.59. The molecule has 5 heteroatoms. The molecule has 0 aromatic heterocycles. The van der Waals surface area contributed by atoms with Crippen LogP contribution in [0.15, 0.2) is 30.3 Å². The first-order chi connectivity index (χ1) is 12.1. The molecular formula is C20H31N3O2. The van der Waals surface area contributed by atoms with Gasteiger partial charge in [0.1, 0.15) is 6.10 Å². The number of nitrogens with two attached hydrogens (primary N) is 1. The van der Waals surface area contributed by atoms with Crippen LogP contribution < -0.4 is 5.73 Å². The van der Waals surface area contributed by atoms with Gasteiger partial charge in [-0.25, -0.2) is 0 Å². The second-order valence-electron chi connectivity index (χ2n) is 7.21. The lowest BCUT2D eigenvalue weighted by Gasteiger charge is -2.31. The van der Waals surface area contributed by atoms with E-state index in [-0.39, 0.29) is 24.2 Å². The maximum atomic E-state index is 12.9. The van der Waals surface area contributed by atoms with Crippen molar-refractivity contribution < 1.29 is 9.53 Å². The highest BCUT2D eigenvalue weighted by Gasteiger charge is 2.37. The standard InChI is InChI=1S/C20H31N3O2/c1-3-23(20(24)19-10-9-18(13-21)25-19)17-11-12-22(14-17)15(2)16-7-5-4-6-8-16/h4-8,15,17-19H,3,9-14,21H2,1-2H3/t15?,17?,18-,19+/m1/s1. The smallest absolute Gasteiger partial charge is 0.252 e. The number of carbonyl (C=O) groups excluding carboxylic acids is 1. The summed E-state index contributed by atoms with van der Waals surface area (Å²) in [7, 11) is 0. The van der Waals surface area contributed by atoms with Crippen molar-refractivity contribution in [3.63, 3.8) is 0 Å². The number of nitrogens with zero attached hydrogens (tertiary/aromatic N) is 2. The van der Waals surface area contributed by atoms with Gasteiger partial charge in [0.25, 0.3) is 5.91 Å². The van der Waals surface area contributed by atoms with Crippen LogP contribution in [-0.4, -0.2) is 60.1 Å². The lowest BCUT2D eigenvalue weighted by Crippen LogP contribution is -2.47. The van der Waals surface area contributed by atoms with Crippen molar-refractivity contribution in [3.05, 3.63) is 35.9 Å². The molecule has 2 aliphatic heterocycles. The first-order valence-electron chi connectivity index (χ1n) is 9.59. The van der Waals surface area contributed by atoms with Crippen LogP contribution in [0.1, 0.15) is 44.7 Å². The minimum Gasteiger partial charge on any atom is -0.364 e. The fourth-order valence-corrected chi connectivity index (χ4v) is 4.16. The minimum atomic E-state index is -0.297. The van der Waals surface area contributed by atoms with Gasteiger partial charge in [-0.2, -0.15) is 0 Å². The fourth-order valence-electron chi connectivity index (χ4n) is 4.16. The summed E-state index contributed by atoms with van der Waals surface area (Å²) < 4.78 is 5.83. The highest BCUT2D eigenvalue weighted by Crippen LogP contribution is 2.28. The topological polar surface area (TPSA) is 58.8 Å². The largest absolute Gasteiger partial charge is 0.364 e. The number of rotatable bonds is 6. The summed E-state index contributed by atoms with van der Waals surface area (Å²) in [5, 5.41) is 0. The number of benzene rings is 1. The van der Waals surface area contributed by atoms with Crippen LogP contribution in [0.4, 0.5) is 0 Å². The Morgan fingerprint density at radius 2 is 2.08 bits per heavy atom. The molecule has 0 saturated carbocycles. The molecule has 1 aromatic carbocycles. The molecule has 2 fully saturated rings. The van der Waals surface area contributed by atoms with E-state index in [2.05, 4.69) is 49.1 Å². The van der Waals surface area contributed by atoms with E-state index in [1.165, 1.54) is 5.56 Å². The lowest BCUT2D eigenvalue weighted by molar-refractivity contribution is -0.144. The van der Waals surface area contributed by atoms with Gasteiger partial charge in [-0.15, -0.1) is 0 Å². The molecule has 3 rings (SSSR count). The van der Waals surface area contributed by atoms with E-state index in [9.17, 15) is 4.79 Å². The van der Waals surface area contributed by atoms with Gasteiger partial charge in [-0.3, -0.25) is 9.69 Å². The molecule has 0 radical (unpaired) electrons. The van der Waals surface area contributed by atoms with Gasteiger partial charge >= 0.3 is 0 Å². The number of amides is 1. The van der Waals surface area contributed by atoms with Crippen molar-refractivity contribution in [2.45, 2.75) is 57.4 Å². The Labute approximate surface area is 151 Å². The van der Waals surface area contributed by atoms with Gasteiger partial charge < -0.3 is 15.4 Å². The number of hydrogen-bond donors (Lipinski definition) is 1. The second kappa shape index (κ2) is 8.30. The zero-order chi connectivity index (χ0) is 17.8. The monoisotopic (exact) mass is 345 g/mol. The highest BCUT2D eigenvalue weighted by molar-refractivity contribution is 5.81. The van der Waals surface area contributed by atoms with E-state index in [1.54, 1.807) is 0 Å². The number of likely N-dealkylation sites (tertiary alicyclic amines) is 1. The van der Waals surface area contributed by atoms with Crippen LogP contribution in [0.2, 0.25) is 0 Å². The number of likely N-dealkylation sites (N-methyl/N-ethyl adjacent to an activating group) is 1. The molecule has 1 amide bonds. The summed E-state index contributed by atoms with van der Waals surface area (Å²) in [4.78, 5) is 17.4. The maximum absolute atomic E-state index is 12.9. The van der Waals surface area contributed by atoms with Crippen LogP contribution in [-0.2, 0) is 9.53 Å². The van der Waals surface area contributed by atoms with Crippen molar-refractivity contribution in [1.82, 2.24) is 9.80 Å². The molecule has 0 aliphatic carbocycles. The maximum Gasteiger partial charge on any atom is 0.252 e. The zero-order valence-corrected chi connectivity index (χ0v) is 15.4. The van der Waals surface area contributed by atoms with E-state index in [0.717, 1.165) is 38.9 Å². The highest BCUT2D eigenvalue weighted by atomic mass is 16.5. The molecule has 5 nitrogen and oxygen atoms in total. The van der Waals surface area contributed by atoms with Crippen LogP contribution in [0.25, 0.3) is 0 Å². The van der Waals surface area contributed by atoms with Gasteiger partial charge in [-0.1, -0.05) is 30.3 Å². The van der Waals surface area contributed by atoms with Gasteiger partial charge in [0.2, 0.25) is 0 Å².